The van der Waals surface area contributed by atoms with Gasteiger partial charge in [0.15, 0.2) is 11.6 Å². The molecule has 17 heavy (non-hydrogen) atoms. The molecule has 1 aromatic carbocycles. The monoisotopic (exact) mass is 237 g/mol. The Kier molecular flexibility index (Phi) is 3.49. The number of H-pyrrole nitrogens is 1. The zero-order valence-corrected chi connectivity index (χ0v) is 9.37. The summed E-state index contributed by atoms with van der Waals surface area (Å²) >= 11 is 0. The average molecular weight is 237 g/mol. The summed E-state index contributed by atoms with van der Waals surface area (Å²) in [6.45, 7) is 2.43. The Morgan fingerprint density at radius 1 is 1.35 bits per heavy atom. The Hall–Kier alpha value is -1.75. The molecule has 0 amide bonds. The fourth-order valence-electron chi connectivity index (χ4n) is 1.54. The van der Waals surface area contributed by atoms with Crippen LogP contribution >= 0.6 is 0 Å². The molecular weight excluding hydrogens is 224 g/mol. The summed E-state index contributed by atoms with van der Waals surface area (Å²) in [5, 5.41) is 3.17. The van der Waals surface area contributed by atoms with E-state index in [9.17, 15) is 8.78 Å². The topological polar surface area (TPSA) is 40.7 Å². The third-order valence-electron chi connectivity index (χ3n) is 2.57. The van der Waals surface area contributed by atoms with Crippen molar-refractivity contribution in [3.8, 4) is 0 Å². The third-order valence-corrected chi connectivity index (χ3v) is 2.57. The zero-order chi connectivity index (χ0) is 12.3. The lowest BCUT2D eigenvalue weighted by Gasteiger charge is -2.13. The van der Waals surface area contributed by atoms with E-state index in [2.05, 4.69) is 15.3 Å². The first kappa shape index (κ1) is 11.7. The van der Waals surface area contributed by atoms with Crippen molar-refractivity contribution >= 4 is 0 Å². The lowest BCUT2D eigenvalue weighted by molar-refractivity contribution is 0.499. The molecule has 2 N–H and O–H groups in total. The van der Waals surface area contributed by atoms with E-state index in [1.54, 1.807) is 18.5 Å². The van der Waals surface area contributed by atoms with E-state index in [0.717, 1.165) is 11.9 Å². The van der Waals surface area contributed by atoms with Gasteiger partial charge in [0, 0.05) is 18.4 Å². The maximum Gasteiger partial charge on any atom is 0.159 e. The number of imidazole rings is 1. The van der Waals surface area contributed by atoms with E-state index in [1.165, 1.54) is 6.07 Å². The summed E-state index contributed by atoms with van der Waals surface area (Å²) in [4.78, 5) is 7.02. The van der Waals surface area contributed by atoms with Crippen LogP contribution in [0.2, 0.25) is 0 Å². The molecule has 3 nitrogen and oxygen atoms in total. The van der Waals surface area contributed by atoms with E-state index in [4.69, 9.17) is 0 Å². The van der Waals surface area contributed by atoms with Gasteiger partial charge in [0.25, 0.3) is 0 Å². The van der Waals surface area contributed by atoms with Crippen molar-refractivity contribution in [2.24, 2.45) is 0 Å². The first-order valence-corrected chi connectivity index (χ1v) is 5.33. The Morgan fingerprint density at radius 2 is 2.18 bits per heavy atom. The van der Waals surface area contributed by atoms with Crippen LogP contribution in [0, 0.1) is 11.6 Å². The van der Waals surface area contributed by atoms with Crippen LogP contribution in [-0.4, -0.2) is 9.97 Å². The van der Waals surface area contributed by atoms with Crippen molar-refractivity contribution in [2.45, 2.75) is 19.5 Å². The van der Waals surface area contributed by atoms with Crippen LogP contribution < -0.4 is 5.32 Å². The number of nitrogens with zero attached hydrogens (tertiary/aromatic N) is 1. The number of benzene rings is 1. The second-order valence-corrected chi connectivity index (χ2v) is 3.81. The molecule has 1 atom stereocenters. The molecule has 0 radical (unpaired) electrons. The van der Waals surface area contributed by atoms with Gasteiger partial charge in [-0.3, -0.25) is 0 Å². The molecule has 0 aliphatic carbocycles. The summed E-state index contributed by atoms with van der Waals surface area (Å²) < 4.78 is 25.8. The van der Waals surface area contributed by atoms with Crippen molar-refractivity contribution in [2.75, 3.05) is 0 Å². The third kappa shape index (κ3) is 2.88. The number of aromatic nitrogens is 2. The highest BCUT2D eigenvalue weighted by molar-refractivity contribution is 5.20. The van der Waals surface area contributed by atoms with Crippen molar-refractivity contribution in [1.82, 2.24) is 15.3 Å². The Bertz CT molecular complexity index is 483. The fourth-order valence-corrected chi connectivity index (χ4v) is 1.54. The van der Waals surface area contributed by atoms with E-state index in [-0.39, 0.29) is 6.04 Å². The van der Waals surface area contributed by atoms with Gasteiger partial charge < -0.3 is 10.3 Å². The van der Waals surface area contributed by atoms with E-state index < -0.39 is 11.6 Å². The van der Waals surface area contributed by atoms with Gasteiger partial charge in [-0.05, 0) is 24.6 Å². The molecule has 1 unspecified atom stereocenters. The minimum absolute atomic E-state index is 0.0739. The summed E-state index contributed by atoms with van der Waals surface area (Å²) in [6, 6.07) is 3.83. The summed E-state index contributed by atoms with van der Waals surface area (Å²) in [5.74, 6) is -0.847. The van der Waals surface area contributed by atoms with Crippen molar-refractivity contribution < 1.29 is 8.78 Å². The van der Waals surface area contributed by atoms with Gasteiger partial charge in [-0.15, -0.1) is 0 Å². The van der Waals surface area contributed by atoms with Crippen LogP contribution in [0.5, 0.6) is 0 Å². The predicted octanol–water partition coefficient (Wildman–Crippen LogP) is 2.54. The molecule has 1 aromatic heterocycles. The highest BCUT2D eigenvalue weighted by Crippen LogP contribution is 2.16. The van der Waals surface area contributed by atoms with Gasteiger partial charge in [0.2, 0.25) is 0 Å². The largest absolute Gasteiger partial charge is 0.348 e. The van der Waals surface area contributed by atoms with E-state index in [1.807, 2.05) is 6.92 Å². The van der Waals surface area contributed by atoms with Crippen LogP contribution in [0.25, 0.3) is 0 Å². The summed E-state index contributed by atoms with van der Waals surface area (Å²) in [5.41, 5.74) is 0.704. The predicted molar refractivity (Wildman–Crippen MR) is 60.2 cm³/mol. The maximum atomic E-state index is 13.0. The molecule has 5 heteroatoms. The number of rotatable bonds is 4. The van der Waals surface area contributed by atoms with E-state index >= 15 is 0 Å². The molecule has 1 heterocycles. The maximum absolute atomic E-state index is 13.0. The number of hydrogen-bond acceptors (Lipinski definition) is 2. The van der Waals surface area contributed by atoms with Crippen LogP contribution in [0.15, 0.2) is 30.6 Å². The summed E-state index contributed by atoms with van der Waals surface area (Å²) in [6.07, 6.45) is 3.40. The second kappa shape index (κ2) is 5.05. The normalized spacial score (nSPS) is 12.6. The van der Waals surface area contributed by atoms with Crippen LogP contribution in [-0.2, 0) is 6.54 Å². The van der Waals surface area contributed by atoms with Gasteiger partial charge in [-0.25, -0.2) is 13.8 Å². The fraction of sp³-hybridized carbons (Fsp3) is 0.250. The van der Waals surface area contributed by atoms with Gasteiger partial charge in [-0.2, -0.15) is 0 Å². The molecular formula is C12H13F2N3. The first-order valence-electron chi connectivity index (χ1n) is 5.33. The molecule has 0 aliphatic heterocycles. The zero-order valence-electron chi connectivity index (χ0n) is 9.37. The van der Waals surface area contributed by atoms with Crippen molar-refractivity contribution in [3.63, 3.8) is 0 Å². The van der Waals surface area contributed by atoms with Crippen LogP contribution in [0.4, 0.5) is 8.78 Å². The molecule has 0 saturated carbocycles. The van der Waals surface area contributed by atoms with Gasteiger partial charge in [0.1, 0.15) is 5.82 Å². The lowest BCUT2D eigenvalue weighted by Crippen LogP contribution is -2.19. The quantitative estimate of drug-likeness (QED) is 0.857. The van der Waals surface area contributed by atoms with Gasteiger partial charge in [-0.1, -0.05) is 6.07 Å². The standard InChI is InChI=1S/C12H13F2N3/c1-8(17-7-12-15-4-5-16-12)9-2-3-10(13)11(14)6-9/h2-6,8,17H,7H2,1H3,(H,15,16). The van der Waals surface area contributed by atoms with Gasteiger partial charge >= 0.3 is 0 Å². The van der Waals surface area contributed by atoms with Crippen molar-refractivity contribution in [3.05, 3.63) is 53.6 Å². The van der Waals surface area contributed by atoms with Crippen LogP contribution in [0.3, 0.4) is 0 Å². The lowest BCUT2D eigenvalue weighted by atomic mass is 10.1. The summed E-state index contributed by atoms with van der Waals surface area (Å²) in [7, 11) is 0. The second-order valence-electron chi connectivity index (χ2n) is 3.81. The minimum Gasteiger partial charge on any atom is -0.348 e. The first-order chi connectivity index (χ1) is 8.16. The Morgan fingerprint density at radius 3 is 2.82 bits per heavy atom. The molecule has 0 bridgehead atoms. The number of halogens is 2. The number of nitrogens with one attached hydrogen (secondary N) is 2. The Labute approximate surface area is 97.9 Å². The SMILES string of the molecule is CC(NCc1ncc[nH]1)c1ccc(F)c(F)c1. The molecule has 0 spiro atoms. The molecule has 90 valence electrons. The van der Waals surface area contributed by atoms with Crippen LogP contribution in [0.1, 0.15) is 24.4 Å². The molecule has 0 fully saturated rings. The molecule has 0 aliphatic rings. The highest BCUT2D eigenvalue weighted by Gasteiger charge is 2.09. The highest BCUT2D eigenvalue weighted by atomic mass is 19.2. The smallest absolute Gasteiger partial charge is 0.159 e. The molecule has 2 aromatic rings. The number of aromatic amines is 1. The molecule has 0 saturated heterocycles. The van der Waals surface area contributed by atoms with Crippen molar-refractivity contribution in [1.29, 1.82) is 0 Å². The van der Waals surface area contributed by atoms with Gasteiger partial charge in [0.05, 0.1) is 6.54 Å². The minimum atomic E-state index is -0.827. The Balaban J connectivity index is 1.99. The molecule has 2 rings (SSSR count). The number of hydrogen-bond donors (Lipinski definition) is 2. The van der Waals surface area contributed by atoms with E-state index in [0.29, 0.717) is 12.1 Å². The average Bonchev–Trinajstić information content (AvgIpc) is 2.82.